The molecule has 82 valence electrons. The van der Waals surface area contributed by atoms with E-state index in [1.807, 2.05) is 20.8 Å². The van der Waals surface area contributed by atoms with Crippen molar-refractivity contribution in [1.29, 1.82) is 0 Å². The molecule has 1 aliphatic rings. The van der Waals surface area contributed by atoms with Gasteiger partial charge in [-0.1, -0.05) is 0 Å². The molecule has 1 rings (SSSR count). The predicted molar refractivity (Wildman–Crippen MR) is 56.0 cm³/mol. The Balaban J connectivity index is 2.30. The van der Waals surface area contributed by atoms with Crippen molar-refractivity contribution in [2.75, 3.05) is 13.1 Å². The van der Waals surface area contributed by atoms with Gasteiger partial charge in [-0.25, -0.2) is 0 Å². The molecule has 0 aromatic rings. The van der Waals surface area contributed by atoms with Gasteiger partial charge in [-0.3, -0.25) is 9.69 Å². The lowest BCUT2D eigenvalue weighted by molar-refractivity contribution is -0.166. The molecule has 0 bridgehead atoms. The monoisotopic (exact) mass is 199 g/mol. The van der Waals surface area contributed by atoms with E-state index in [9.17, 15) is 4.79 Å². The molecule has 1 aliphatic heterocycles. The second-order valence-electron chi connectivity index (χ2n) is 5.28. The summed E-state index contributed by atoms with van der Waals surface area (Å²) in [5.41, 5.74) is -0.352. The Kier molecular flexibility index (Phi) is 3.20. The van der Waals surface area contributed by atoms with Crippen LogP contribution in [0.4, 0.5) is 0 Å². The zero-order chi connectivity index (χ0) is 10.9. The quantitative estimate of drug-likeness (QED) is 0.634. The van der Waals surface area contributed by atoms with Gasteiger partial charge in [-0.15, -0.1) is 0 Å². The fourth-order valence-corrected chi connectivity index (χ4v) is 1.47. The lowest BCUT2D eigenvalue weighted by Gasteiger charge is -2.41. The summed E-state index contributed by atoms with van der Waals surface area (Å²) in [5.74, 6) is 0.0472. The van der Waals surface area contributed by atoms with Gasteiger partial charge in [-0.2, -0.15) is 0 Å². The largest absolute Gasteiger partial charge is 0.460 e. The van der Waals surface area contributed by atoms with Gasteiger partial charge in [0, 0.05) is 19.1 Å². The Bertz CT molecular complexity index is 212. The number of likely N-dealkylation sites (tertiary alicyclic amines) is 1. The summed E-state index contributed by atoms with van der Waals surface area (Å²) in [5, 5.41) is 0. The molecule has 3 heteroatoms. The predicted octanol–water partition coefficient (Wildman–Crippen LogP) is 1.67. The van der Waals surface area contributed by atoms with Crippen molar-refractivity contribution in [2.45, 2.75) is 46.3 Å². The van der Waals surface area contributed by atoms with Gasteiger partial charge in [0.1, 0.15) is 5.60 Å². The van der Waals surface area contributed by atoms with Crippen LogP contribution in [-0.4, -0.2) is 35.6 Å². The summed E-state index contributed by atoms with van der Waals surface area (Å²) >= 11 is 0. The Morgan fingerprint density at radius 1 is 1.36 bits per heavy atom. The van der Waals surface area contributed by atoms with E-state index in [0.717, 1.165) is 13.1 Å². The number of hydrogen-bond acceptors (Lipinski definition) is 3. The van der Waals surface area contributed by atoms with Crippen LogP contribution in [-0.2, 0) is 9.53 Å². The van der Waals surface area contributed by atoms with Crippen LogP contribution in [0.15, 0.2) is 0 Å². The van der Waals surface area contributed by atoms with Gasteiger partial charge in [0.25, 0.3) is 0 Å². The Morgan fingerprint density at radius 2 is 1.86 bits per heavy atom. The van der Waals surface area contributed by atoms with Gasteiger partial charge in [0.2, 0.25) is 0 Å². The van der Waals surface area contributed by atoms with Crippen LogP contribution in [0.5, 0.6) is 0 Å². The van der Waals surface area contributed by atoms with Crippen molar-refractivity contribution in [3.8, 4) is 0 Å². The molecule has 0 unspecified atom stereocenters. The first kappa shape index (κ1) is 11.5. The highest BCUT2D eigenvalue weighted by atomic mass is 16.6. The molecule has 0 amide bonds. The number of esters is 1. The summed E-state index contributed by atoms with van der Waals surface area (Å²) in [6.45, 7) is 11.7. The second-order valence-corrected chi connectivity index (χ2v) is 5.28. The van der Waals surface area contributed by atoms with Crippen molar-refractivity contribution >= 4 is 5.97 Å². The number of hydrogen-bond donors (Lipinski definition) is 0. The van der Waals surface area contributed by atoms with E-state index >= 15 is 0 Å². The topological polar surface area (TPSA) is 29.5 Å². The molecule has 0 radical (unpaired) electrons. The Morgan fingerprint density at radius 3 is 2.21 bits per heavy atom. The first-order valence-corrected chi connectivity index (χ1v) is 5.26. The van der Waals surface area contributed by atoms with Gasteiger partial charge < -0.3 is 4.74 Å². The van der Waals surface area contributed by atoms with E-state index in [4.69, 9.17) is 4.74 Å². The summed E-state index contributed by atoms with van der Waals surface area (Å²) in [6, 6.07) is 0.536. The zero-order valence-corrected chi connectivity index (χ0v) is 9.83. The number of rotatable bonds is 2. The van der Waals surface area contributed by atoms with E-state index in [1.54, 1.807) is 0 Å². The van der Waals surface area contributed by atoms with Crippen LogP contribution in [0.2, 0.25) is 0 Å². The van der Waals surface area contributed by atoms with Crippen LogP contribution in [0.25, 0.3) is 0 Å². The average molecular weight is 199 g/mol. The minimum Gasteiger partial charge on any atom is -0.460 e. The molecule has 0 spiro atoms. The smallest absolute Gasteiger partial charge is 0.312 e. The SMILES string of the molecule is CC(C)N1CC(C(=O)OC(C)(C)C)C1. The number of carbonyl (C=O) groups excluding carboxylic acids is 1. The molecule has 1 heterocycles. The highest BCUT2D eigenvalue weighted by molar-refractivity contribution is 5.74. The average Bonchev–Trinajstić information content (AvgIpc) is 1.75. The van der Waals surface area contributed by atoms with E-state index < -0.39 is 0 Å². The van der Waals surface area contributed by atoms with Gasteiger partial charge in [0.05, 0.1) is 5.92 Å². The summed E-state index contributed by atoms with van der Waals surface area (Å²) in [7, 11) is 0. The Hall–Kier alpha value is -0.570. The highest BCUT2D eigenvalue weighted by Crippen LogP contribution is 2.21. The maximum Gasteiger partial charge on any atom is 0.312 e. The molecule has 0 atom stereocenters. The standard InChI is InChI=1S/C11H21NO2/c1-8(2)12-6-9(7-12)10(13)14-11(3,4)5/h8-9H,6-7H2,1-5H3. The van der Waals surface area contributed by atoms with Crippen molar-refractivity contribution in [3.63, 3.8) is 0 Å². The molecule has 1 saturated heterocycles. The fraction of sp³-hybridized carbons (Fsp3) is 0.909. The van der Waals surface area contributed by atoms with Crippen LogP contribution < -0.4 is 0 Å². The molecule has 0 aliphatic carbocycles. The van der Waals surface area contributed by atoms with Crippen molar-refractivity contribution in [2.24, 2.45) is 5.92 Å². The van der Waals surface area contributed by atoms with Crippen LogP contribution in [0.3, 0.4) is 0 Å². The maximum atomic E-state index is 11.6. The minimum atomic E-state index is -0.352. The lowest BCUT2D eigenvalue weighted by atomic mass is 9.98. The van der Waals surface area contributed by atoms with E-state index in [2.05, 4.69) is 18.7 Å². The molecule has 14 heavy (non-hydrogen) atoms. The highest BCUT2D eigenvalue weighted by Gasteiger charge is 2.36. The number of ether oxygens (including phenoxy) is 1. The Labute approximate surface area is 86.4 Å². The molecular weight excluding hydrogens is 178 g/mol. The lowest BCUT2D eigenvalue weighted by Crippen LogP contribution is -2.54. The van der Waals surface area contributed by atoms with Crippen LogP contribution >= 0.6 is 0 Å². The third-order valence-electron chi connectivity index (χ3n) is 2.38. The van der Waals surface area contributed by atoms with Crippen LogP contribution in [0, 0.1) is 5.92 Å². The van der Waals surface area contributed by atoms with Gasteiger partial charge >= 0.3 is 5.97 Å². The van der Waals surface area contributed by atoms with Crippen molar-refractivity contribution in [1.82, 2.24) is 4.90 Å². The third kappa shape index (κ3) is 2.98. The molecule has 1 fully saturated rings. The molecular formula is C11H21NO2. The van der Waals surface area contributed by atoms with Crippen LogP contribution in [0.1, 0.15) is 34.6 Å². The minimum absolute atomic E-state index is 0.0469. The van der Waals surface area contributed by atoms with Crippen molar-refractivity contribution in [3.05, 3.63) is 0 Å². The first-order valence-electron chi connectivity index (χ1n) is 5.26. The zero-order valence-electron chi connectivity index (χ0n) is 9.83. The fourth-order valence-electron chi connectivity index (χ4n) is 1.47. The molecule has 0 saturated carbocycles. The molecule has 3 nitrogen and oxygen atoms in total. The molecule has 0 aromatic carbocycles. The maximum absolute atomic E-state index is 11.6. The second kappa shape index (κ2) is 3.89. The van der Waals surface area contributed by atoms with Gasteiger partial charge in [-0.05, 0) is 34.6 Å². The third-order valence-corrected chi connectivity index (χ3v) is 2.38. The van der Waals surface area contributed by atoms with Gasteiger partial charge in [0.15, 0.2) is 0 Å². The molecule has 0 N–H and O–H groups in total. The normalized spacial score (nSPS) is 19.6. The summed E-state index contributed by atoms with van der Waals surface area (Å²) in [6.07, 6.45) is 0. The van der Waals surface area contributed by atoms with Crippen molar-refractivity contribution < 1.29 is 9.53 Å². The number of carbonyl (C=O) groups is 1. The first-order chi connectivity index (χ1) is 6.29. The van der Waals surface area contributed by atoms with E-state index in [-0.39, 0.29) is 17.5 Å². The number of nitrogens with zero attached hydrogens (tertiary/aromatic N) is 1. The van der Waals surface area contributed by atoms with E-state index in [1.165, 1.54) is 0 Å². The summed E-state index contributed by atoms with van der Waals surface area (Å²) < 4.78 is 5.30. The van der Waals surface area contributed by atoms with E-state index in [0.29, 0.717) is 6.04 Å². The summed E-state index contributed by atoms with van der Waals surface area (Å²) in [4.78, 5) is 13.8. The molecule has 0 aromatic heterocycles.